The van der Waals surface area contributed by atoms with Crippen LogP contribution in [0.4, 0.5) is 11.4 Å². The summed E-state index contributed by atoms with van der Waals surface area (Å²) in [5.41, 5.74) is 1.44. The average Bonchev–Trinajstić information content (AvgIpc) is 3.43. The third-order valence-electron chi connectivity index (χ3n) is 3.65. The molecule has 3 aromatic heterocycles. The molecule has 0 aliphatic rings. The van der Waals surface area contributed by atoms with Gasteiger partial charge in [0.2, 0.25) is 0 Å². The fraction of sp³-hybridized carbons (Fsp3) is 0. The zero-order chi connectivity index (χ0) is 18.6. The lowest BCUT2D eigenvalue weighted by atomic mass is 10.2. The summed E-state index contributed by atoms with van der Waals surface area (Å²) in [6, 6.07) is 15.9. The summed E-state index contributed by atoms with van der Waals surface area (Å²) in [6.07, 6.45) is 0. The normalized spacial score (nSPS) is 10.5. The van der Waals surface area contributed by atoms with Crippen LogP contribution in [0.2, 0.25) is 0 Å². The van der Waals surface area contributed by atoms with E-state index in [1.807, 2.05) is 29.0 Å². The molecule has 4 rings (SSSR count). The Labute approximate surface area is 162 Å². The number of amides is 2. The molecule has 6 nitrogen and oxygen atoms in total. The molecule has 2 amide bonds. The molecule has 1 aromatic carbocycles. The zero-order valence-corrected chi connectivity index (χ0v) is 15.5. The van der Waals surface area contributed by atoms with Crippen LogP contribution >= 0.6 is 22.7 Å². The van der Waals surface area contributed by atoms with Gasteiger partial charge in [-0.25, -0.2) is 0 Å². The molecule has 4 aromatic rings. The second-order valence-electron chi connectivity index (χ2n) is 5.52. The van der Waals surface area contributed by atoms with Gasteiger partial charge < -0.3 is 15.2 Å². The summed E-state index contributed by atoms with van der Waals surface area (Å²) in [7, 11) is 0. The number of carbonyl (C=O) groups is 2. The highest BCUT2D eigenvalue weighted by atomic mass is 32.1. The van der Waals surface area contributed by atoms with Gasteiger partial charge in [-0.1, -0.05) is 17.3 Å². The number of anilines is 2. The van der Waals surface area contributed by atoms with Gasteiger partial charge in [-0.2, -0.15) is 0 Å². The largest absolute Gasteiger partial charge is 0.355 e. The van der Waals surface area contributed by atoms with Gasteiger partial charge in [0.05, 0.1) is 9.75 Å². The molecule has 3 heterocycles. The van der Waals surface area contributed by atoms with Crippen LogP contribution in [0.1, 0.15) is 20.2 Å². The Bertz CT molecular complexity index is 1050. The van der Waals surface area contributed by atoms with Crippen LogP contribution in [0, 0.1) is 0 Å². The van der Waals surface area contributed by atoms with Crippen molar-refractivity contribution in [3.05, 3.63) is 75.9 Å². The quantitative estimate of drug-likeness (QED) is 0.500. The SMILES string of the molecule is O=C(Nc1ccc(NC(=O)c2cccs2)cc1)c1cc(-c2cccs2)on1. The van der Waals surface area contributed by atoms with E-state index in [4.69, 9.17) is 4.52 Å². The molecule has 0 aliphatic heterocycles. The molecule has 0 saturated heterocycles. The molecule has 0 bridgehead atoms. The van der Waals surface area contributed by atoms with Crippen molar-refractivity contribution >= 4 is 45.9 Å². The van der Waals surface area contributed by atoms with Gasteiger partial charge in [-0.05, 0) is 47.2 Å². The van der Waals surface area contributed by atoms with Crippen LogP contribution in [0.3, 0.4) is 0 Å². The lowest BCUT2D eigenvalue weighted by Crippen LogP contribution is -2.13. The van der Waals surface area contributed by atoms with Crippen LogP contribution in [0.15, 0.2) is 69.9 Å². The lowest BCUT2D eigenvalue weighted by molar-refractivity contribution is 0.101. The minimum absolute atomic E-state index is 0.162. The Morgan fingerprint density at radius 1 is 0.852 bits per heavy atom. The van der Waals surface area contributed by atoms with E-state index >= 15 is 0 Å². The summed E-state index contributed by atoms with van der Waals surface area (Å²) in [5, 5.41) is 13.2. The van der Waals surface area contributed by atoms with Gasteiger partial charge in [0.1, 0.15) is 0 Å². The van der Waals surface area contributed by atoms with Gasteiger partial charge in [-0.15, -0.1) is 22.7 Å². The maximum Gasteiger partial charge on any atom is 0.277 e. The molecule has 0 aliphatic carbocycles. The Balaban J connectivity index is 1.39. The van der Waals surface area contributed by atoms with E-state index in [1.165, 1.54) is 22.7 Å². The standard InChI is InChI=1S/C19H13N3O3S2/c23-18(14-11-15(25-22-14)16-3-1-9-26-16)20-12-5-7-13(8-6-12)21-19(24)17-4-2-10-27-17/h1-11H,(H,20,23)(H,21,24). The maximum absolute atomic E-state index is 12.3. The Hall–Kier alpha value is -3.23. The molecule has 0 saturated carbocycles. The number of rotatable bonds is 5. The number of benzene rings is 1. The fourth-order valence-corrected chi connectivity index (χ4v) is 3.64. The number of aromatic nitrogens is 1. The van der Waals surface area contributed by atoms with Gasteiger partial charge >= 0.3 is 0 Å². The van der Waals surface area contributed by atoms with Crippen molar-refractivity contribution in [1.29, 1.82) is 0 Å². The summed E-state index contributed by atoms with van der Waals surface area (Å²) >= 11 is 2.89. The molecule has 0 fully saturated rings. The first-order valence-electron chi connectivity index (χ1n) is 7.96. The first-order chi connectivity index (χ1) is 13.2. The molecular weight excluding hydrogens is 382 g/mol. The predicted octanol–water partition coefficient (Wildman–Crippen LogP) is 4.97. The van der Waals surface area contributed by atoms with Gasteiger partial charge in [-0.3, -0.25) is 9.59 Å². The van der Waals surface area contributed by atoms with E-state index in [0.717, 1.165) is 4.88 Å². The zero-order valence-electron chi connectivity index (χ0n) is 13.8. The molecule has 0 radical (unpaired) electrons. The predicted molar refractivity (Wildman–Crippen MR) is 106 cm³/mol. The topological polar surface area (TPSA) is 84.2 Å². The van der Waals surface area contributed by atoms with Crippen molar-refractivity contribution in [2.24, 2.45) is 0 Å². The second kappa shape index (κ2) is 7.56. The van der Waals surface area contributed by atoms with Crippen LogP contribution in [-0.2, 0) is 0 Å². The third-order valence-corrected chi connectivity index (χ3v) is 5.41. The summed E-state index contributed by atoms with van der Waals surface area (Å²) in [5.74, 6) is 0.0317. The Kier molecular flexibility index (Phi) is 4.82. The highest BCUT2D eigenvalue weighted by Crippen LogP contribution is 2.25. The van der Waals surface area contributed by atoms with Crippen LogP contribution < -0.4 is 10.6 Å². The van der Waals surface area contributed by atoms with Crippen molar-refractivity contribution in [3.63, 3.8) is 0 Å². The number of hydrogen-bond donors (Lipinski definition) is 2. The number of nitrogens with zero attached hydrogens (tertiary/aromatic N) is 1. The van der Waals surface area contributed by atoms with Crippen molar-refractivity contribution in [1.82, 2.24) is 5.16 Å². The van der Waals surface area contributed by atoms with E-state index in [9.17, 15) is 9.59 Å². The second-order valence-corrected chi connectivity index (χ2v) is 7.41. The maximum atomic E-state index is 12.3. The van der Waals surface area contributed by atoms with E-state index in [2.05, 4.69) is 15.8 Å². The van der Waals surface area contributed by atoms with E-state index in [-0.39, 0.29) is 17.5 Å². The molecule has 8 heteroatoms. The number of hydrogen-bond acceptors (Lipinski definition) is 6. The molecule has 0 unspecified atom stereocenters. The molecule has 0 spiro atoms. The summed E-state index contributed by atoms with van der Waals surface area (Å²) in [4.78, 5) is 25.9. The van der Waals surface area contributed by atoms with Crippen LogP contribution in [0.5, 0.6) is 0 Å². The first kappa shape index (κ1) is 17.2. The smallest absolute Gasteiger partial charge is 0.277 e. The van der Waals surface area contributed by atoms with Gasteiger partial charge in [0, 0.05) is 17.4 Å². The van der Waals surface area contributed by atoms with Crippen molar-refractivity contribution in [2.45, 2.75) is 0 Å². The highest BCUT2D eigenvalue weighted by molar-refractivity contribution is 7.13. The highest BCUT2D eigenvalue weighted by Gasteiger charge is 2.14. The molecule has 2 N–H and O–H groups in total. The minimum Gasteiger partial charge on any atom is -0.355 e. The fourth-order valence-electron chi connectivity index (χ4n) is 2.35. The minimum atomic E-state index is -0.364. The monoisotopic (exact) mass is 395 g/mol. The van der Waals surface area contributed by atoms with E-state index in [0.29, 0.717) is 22.0 Å². The third kappa shape index (κ3) is 3.97. The summed E-state index contributed by atoms with van der Waals surface area (Å²) in [6.45, 7) is 0. The average molecular weight is 395 g/mol. The van der Waals surface area contributed by atoms with E-state index in [1.54, 1.807) is 36.4 Å². The van der Waals surface area contributed by atoms with E-state index < -0.39 is 0 Å². The lowest BCUT2D eigenvalue weighted by Gasteiger charge is -2.06. The molecular formula is C19H13N3O3S2. The molecule has 27 heavy (non-hydrogen) atoms. The number of thiophene rings is 2. The van der Waals surface area contributed by atoms with Gasteiger partial charge in [0.25, 0.3) is 11.8 Å². The Morgan fingerprint density at radius 2 is 1.52 bits per heavy atom. The first-order valence-corrected chi connectivity index (χ1v) is 9.72. The number of nitrogens with one attached hydrogen (secondary N) is 2. The van der Waals surface area contributed by atoms with Crippen molar-refractivity contribution < 1.29 is 14.1 Å². The molecule has 134 valence electrons. The van der Waals surface area contributed by atoms with Crippen LogP contribution in [0.25, 0.3) is 10.6 Å². The number of carbonyl (C=O) groups excluding carboxylic acids is 2. The van der Waals surface area contributed by atoms with Crippen LogP contribution in [-0.4, -0.2) is 17.0 Å². The Morgan fingerprint density at radius 3 is 2.15 bits per heavy atom. The molecule has 0 atom stereocenters. The van der Waals surface area contributed by atoms with Crippen molar-refractivity contribution in [3.8, 4) is 10.6 Å². The van der Waals surface area contributed by atoms with Gasteiger partial charge in [0.15, 0.2) is 11.5 Å². The van der Waals surface area contributed by atoms with Crippen molar-refractivity contribution in [2.75, 3.05) is 10.6 Å². The summed E-state index contributed by atoms with van der Waals surface area (Å²) < 4.78 is 5.22.